The van der Waals surface area contributed by atoms with E-state index in [4.69, 9.17) is 4.74 Å². The van der Waals surface area contributed by atoms with Crippen LogP contribution in [0, 0.1) is 0 Å². The van der Waals surface area contributed by atoms with Gasteiger partial charge in [-0.1, -0.05) is 0 Å². The molecular formula is C18H17F3N2O3. The molecule has 0 aliphatic rings. The summed E-state index contributed by atoms with van der Waals surface area (Å²) in [5, 5.41) is 4.63. The van der Waals surface area contributed by atoms with Crippen LogP contribution in [-0.2, 0) is 15.8 Å². The van der Waals surface area contributed by atoms with Gasteiger partial charge in [0.05, 0.1) is 11.7 Å². The highest BCUT2D eigenvalue weighted by molar-refractivity contribution is 6.43. The third kappa shape index (κ3) is 5.51. The standard InChI is InChI=1S/C18H17F3N2O3/c1-11(2)26-15-9-7-14(8-10-15)23-17(25)16(24)22-13-5-3-12(4-6-13)18(19,20)21/h3-11H,1-2H3,(H,22,24)(H,23,25). The van der Waals surface area contributed by atoms with Crippen LogP contribution >= 0.6 is 0 Å². The van der Waals surface area contributed by atoms with Crippen LogP contribution < -0.4 is 15.4 Å². The summed E-state index contributed by atoms with van der Waals surface area (Å²) >= 11 is 0. The SMILES string of the molecule is CC(C)Oc1ccc(NC(=O)C(=O)Nc2ccc(C(F)(F)F)cc2)cc1. The quantitative estimate of drug-likeness (QED) is 0.802. The third-order valence-corrected chi connectivity index (χ3v) is 3.16. The van der Waals surface area contributed by atoms with E-state index in [9.17, 15) is 22.8 Å². The molecule has 2 rings (SSSR count). The molecule has 0 unspecified atom stereocenters. The lowest BCUT2D eigenvalue weighted by molar-refractivity contribution is -0.137. The van der Waals surface area contributed by atoms with Gasteiger partial charge in [0, 0.05) is 11.4 Å². The van der Waals surface area contributed by atoms with E-state index >= 15 is 0 Å². The summed E-state index contributed by atoms with van der Waals surface area (Å²) in [4.78, 5) is 23.7. The number of ether oxygens (including phenoxy) is 1. The average molecular weight is 366 g/mol. The number of hydrogen-bond donors (Lipinski definition) is 2. The second-order valence-electron chi connectivity index (χ2n) is 5.67. The Morgan fingerprint density at radius 2 is 1.27 bits per heavy atom. The molecule has 0 atom stereocenters. The smallest absolute Gasteiger partial charge is 0.416 e. The molecular weight excluding hydrogens is 349 g/mol. The first-order valence-corrected chi connectivity index (χ1v) is 7.71. The molecule has 0 fully saturated rings. The van der Waals surface area contributed by atoms with Crippen LogP contribution in [0.1, 0.15) is 19.4 Å². The lowest BCUT2D eigenvalue weighted by Gasteiger charge is -2.11. The summed E-state index contributed by atoms with van der Waals surface area (Å²) in [6.45, 7) is 3.75. The summed E-state index contributed by atoms with van der Waals surface area (Å²) in [5.74, 6) is -1.32. The fourth-order valence-electron chi connectivity index (χ4n) is 2.01. The second-order valence-corrected chi connectivity index (χ2v) is 5.67. The predicted molar refractivity (Wildman–Crippen MR) is 90.9 cm³/mol. The van der Waals surface area contributed by atoms with Gasteiger partial charge < -0.3 is 15.4 Å². The maximum absolute atomic E-state index is 12.5. The van der Waals surface area contributed by atoms with Crippen molar-refractivity contribution < 1.29 is 27.5 Å². The van der Waals surface area contributed by atoms with Crippen LogP contribution in [-0.4, -0.2) is 17.9 Å². The van der Waals surface area contributed by atoms with Gasteiger partial charge in [-0.25, -0.2) is 0 Å². The summed E-state index contributed by atoms with van der Waals surface area (Å²) in [6, 6.07) is 10.2. The molecule has 138 valence electrons. The minimum absolute atomic E-state index is 0.00459. The van der Waals surface area contributed by atoms with Crippen LogP contribution in [0.4, 0.5) is 24.5 Å². The molecule has 26 heavy (non-hydrogen) atoms. The van der Waals surface area contributed by atoms with Gasteiger partial charge >= 0.3 is 18.0 Å². The van der Waals surface area contributed by atoms with Crippen LogP contribution in [0.3, 0.4) is 0 Å². The van der Waals surface area contributed by atoms with E-state index in [1.807, 2.05) is 13.8 Å². The van der Waals surface area contributed by atoms with E-state index in [0.29, 0.717) is 11.4 Å². The fraction of sp³-hybridized carbons (Fsp3) is 0.222. The summed E-state index contributed by atoms with van der Waals surface area (Å²) in [5.41, 5.74) is -0.379. The van der Waals surface area contributed by atoms with E-state index in [2.05, 4.69) is 10.6 Å². The highest BCUT2D eigenvalue weighted by Gasteiger charge is 2.30. The number of halogens is 3. The number of carbonyl (C=O) groups is 2. The zero-order valence-electron chi connectivity index (χ0n) is 14.1. The molecule has 0 aliphatic carbocycles. The molecule has 2 amide bonds. The van der Waals surface area contributed by atoms with E-state index in [0.717, 1.165) is 24.3 Å². The van der Waals surface area contributed by atoms with Crippen molar-refractivity contribution in [3.8, 4) is 5.75 Å². The Hall–Kier alpha value is -3.03. The predicted octanol–water partition coefficient (Wildman–Crippen LogP) is 4.07. The molecule has 2 aromatic rings. The van der Waals surface area contributed by atoms with Crippen LogP contribution in [0.25, 0.3) is 0 Å². The Balaban J connectivity index is 1.94. The first-order valence-electron chi connectivity index (χ1n) is 7.71. The third-order valence-electron chi connectivity index (χ3n) is 3.16. The number of rotatable bonds is 4. The Morgan fingerprint density at radius 3 is 1.65 bits per heavy atom. The number of anilines is 2. The molecule has 0 spiro atoms. The molecule has 0 aromatic heterocycles. The zero-order chi connectivity index (χ0) is 19.3. The van der Waals surface area contributed by atoms with Crippen molar-refractivity contribution in [2.24, 2.45) is 0 Å². The van der Waals surface area contributed by atoms with Crippen molar-refractivity contribution in [3.05, 3.63) is 54.1 Å². The Morgan fingerprint density at radius 1 is 0.846 bits per heavy atom. The van der Waals surface area contributed by atoms with Crippen molar-refractivity contribution >= 4 is 23.2 Å². The Kier molecular flexibility index (Phi) is 5.86. The number of amides is 2. The van der Waals surface area contributed by atoms with Crippen molar-refractivity contribution in [2.45, 2.75) is 26.1 Å². The number of alkyl halides is 3. The summed E-state index contributed by atoms with van der Waals surface area (Å²) in [6.07, 6.45) is -4.46. The first-order chi connectivity index (χ1) is 12.1. The molecule has 2 aromatic carbocycles. The maximum Gasteiger partial charge on any atom is 0.416 e. The highest BCUT2D eigenvalue weighted by Crippen LogP contribution is 2.29. The molecule has 8 heteroatoms. The van der Waals surface area contributed by atoms with Gasteiger partial charge in [0.2, 0.25) is 0 Å². The van der Waals surface area contributed by atoms with E-state index < -0.39 is 23.6 Å². The second kappa shape index (κ2) is 7.90. The minimum Gasteiger partial charge on any atom is -0.491 e. The summed E-state index contributed by atoms with van der Waals surface area (Å²) < 4.78 is 42.9. The first kappa shape index (κ1) is 19.3. The van der Waals surface area contributed by atoms with Gasteiger partial charge in [-0.05, 0) is 62.4 Å². The number of nitrogens with one attached hydrogen (secondary N) is 2. The lowest BCUT2D eigenvalue weighted by Crippen LogP contribution is -2.29. The number of carbonyl (C=O) groups excluding carboxylic acids is 2. The molecule has 0 bridgehead atoms. The molecule has 5 nitrogen and oxygen atoms in total. The average Bonchev–Trinajstić information content (AvgIpc) is 2.55. The van der Waals surface area contributed by atoms with E-state index in [-0.39, 0.29) is 11.8 Å². The summed E-state index contributed by atoms with van der Waals surface area (Å²) in [7, 11) is 0. The molecule has 0 radical (unpaired) electrons. The largest absolute Gasteiger partial charge is 0.491 e. The van der Waals surface area contributed by atoms with Gasteiger partial charge in [-0.15, -0.1) is 0 Å². The maximum atomic E-state index is 12.5. The van der Waals surface area contributed by atoms with Crippen LogP contribution in [0.5, 0.6) is 5.75 Å². The number of hydrogen-bond acceptors (Lipinski definition) is 3. The zero-order valence-corrected chi connectivity index (χ0v) is 14.1. The minimum atomic E-state index is -4.47. The van der Waals surface area contributed by atoms with Gasteiger partial charge in [-0.2, -0.15) is 13.2 Å². The van der Waals surface area contributed by atoms with Crippen LogP contribution in [0.15, 0.2) is 48.5 Å². The van der Waals surface area contributed by atoms with Gasteiger partial charge in [0.25, 0.3) is 0 Å². The van der Waals surface area contributed by atoms with Gasteiger partial charge in [-0.3, -0.25) is 9.59 Å². The van der Waals surface area contributed by atoms with Crippen molar-refractivity contribution in [2.75, 3.05) is 10.6 Å². The molecule has 2 N–H and O–H groups in total. The van der Waals surface area contributed by atoms with Gasteiger partial charge in [0.1, 0.15) is 5.75 Å². The molecule has 0 saturated carbocycles. The lowest BCUT2D eigenvalue weighted by atomic mass is 10.2. The van der Waals surface area contributed by atoms with Crippen molar-refractivity contribution in [1.82, 2.24) is 0 Å². The molecule has 0 saturated heterocycles. The monoisotopic (exact) mass is 366 g/mol. The molecule has 0 heterocycles. The Labute approximate surface area is 148 Å². The fourth-order valence-corrected chi connectivity index (χ4v) is 2.01. The van der Waals surface area contributed by atoms with E-state index in [1.165, 1.54) is 0 Å². The van der Waals surface area contributed by atoms with Crippen molar-refractivity contribution in [1.29, 1.82) is 0 Å². The topological polar surface area (TPSA) is 67.4 Å². The normalized spacial score (nSPS) is 11.2. The van der Waals surface area contributed by atoms with Crippen LogP contribution in [0.2, 0.25) is 0 Å². The number of benzene rings is 2. The van der Waals surface area contributed by atoms with Crippen molar-refractivity contribution in [3.63, 3.8) is 0 Å². The van der Waals surface area contributed by atoms with Gasteiger partial charge in [0.15, 0.2) is 0 Å². The molecule has 0 aliphatic heterocycles. The highest BCUT2D eigenvalue weighted by atomic mass is 19.4. The Bertz CT molecular complexity index is 770. The van der Waals surface area contributed by atoms with E-state index in [1.54, 1.807) is 24.3 Å².